The van der Waals surface area contributed by atoms with Crippen LogP contribution in [0.2, 0.25) is 0 Å². The van der Waals surface area contributed by atoms with E-state index in [1.807, 2.05) is 0 Å². The van der Waals surface area contributed by atoms with Crippen LogP contribution in [-0.2, 0) is 28.6 Å². The van der Waals surface area contributed by atoms with E-state index in [4.69, 9.17) is 14.2 Å². The van der Waals surface area contributed by atoms with Gasteiger partial charge in [0.1, 0.15) is 13.2 Å². The van der Waals surface area contributed by atoms with Crippen LogP contribution in [0.5, 0.6) is 0 Å². The summed E-state index contributed by atoms with van der Waals surface area (Å²) in [7, 11) is 0. The summed E-state index contributed by atoms with van der Waals surface area (Å²) in [6.45, 7) is 6.43. The second-order valence-electron chi connectivity index (χ2n) is 19.2. The van der Waals surface area contributed by atoms with Crippen molar-refractivity contribution in [3.05, 3.63) is 109 Å². The number of allylic oxidation sites excluding steroid dienone is 18. The summed E-state index contributed by atoms with van der Waals surface area (Å²) < 4.78 is 16.8. The zero-order valence-corrected chi connectivity index (χ0v) is 46.2. The molecule has 0 saturated heterocycles. The minimum absolute atomic E-state index is 0.112. The van der Waals surface area contributed by atoms with Gasteiger partial charge in [0, 0.05) is 19.3 Å². The van der Waals surface area contributed by atoms with Crippen LogP contribution in [0, 0.1) is 0 Å². The van der Waals surface area contributed by atoms with Gasteiger partial charge in [-0.05, 0) is 103 Å². The Hall–Kier alpha value is -3.93. The van der Waals surface area contributed by atoms with Crippen LogP contribution >= 0.6 is 0 Å². The number of ether oxygens (including phenoxy) is 3. The van der Waals surface area contributed by atoms with E-state index in [0.717, 1.165) is 103 Å². The molecule has 0 N–H and O–H groups in total. The molecule has 0 heterocycles. The normalized spacial score (nSPS) is 12.9. The zero-order valence-electron chi connectivity index (χ0n) is 46.2. The van der Waals surface area contributed by atoms with Gasteiger partial charge in [-0.2, -0.15) is 0 Å². The first-order valence-corrected chi connectivity index (χ1v) is 29.4. The molecule has 0 saturated carbocycles. The number of rotatable bonds is 52. The van der Waals surface area contributed by atoms with E-state index in [0.29, 0.717) is 19.3 Å². The van der Waals surface area contributed by atoms with Crippen LogP contribution in [0.25, 0.3) is 0 Å². The molecule has 0 amide bonds. The highest BCUT2D eigenvalue weighted by atomic mass is 16.6. The fraction of sp³-hybridized carbons (Fsp3) is 0.677. The van der Waals surface area contributed by atoms with Crippen molar-refractivity contribution in [2.45, 2.75) is 271 Å². The van der Waals surface area contributed by atoms with Crippen molar-refractivity contribution in [1.29, 1.82) is 0 Å². The second-order valence-corrected chi connectivity index (χ2v) is 19.2. The maximum atomic E-state index is 12.9. The molecule has 0 aromatic carbocycles. The monoisotopic (exact) mass is 985 g/mol. The quantitative estimate of drug-likeness (QED) is 0.0261. The molecule has 0 fully saturated rings. The largest absolute Gasteiger partial charge is 0.462 e. The van der Waals surface area contributed by atoms with Gasteiger partial charge in [-0.3, -0.25) is 14.4 Å². The van der Waals surface area contributed by atoms with E-state index in [1.54, 1.807) is 0 Å². The topological polar surface area (TPSA) is 78.9 Å². The van der Waals surface area contributed by atoms with Gasteiger partial charge >= 0.3 is 17.9 Å². The molecule has 71 heavy (non-hydrogen) atoms. The number of esters is 3. The SMILES string of the molecule is CC/C=C\C/C=C\C/C=C\C/C=C\C/C=C\CCCC(=O)OC[C@H](COC(=O)CCCCC/C=C\C/C=C\C/C=C\C/C=C\CCCCC)OC(=O)CCCCCCCCCCCCCCCCCCC. The third-order valence-corrected chi connectivity index (χ3v) is 12.3. The molecule has 0 aromatic heterocycles. The van der Waals surface area contributed by atoms with E-state index in [2.05, 4.69) is 130 Å². The van der Waals surface area contributed by atoms with Crippen molar-refractivity contribution < 1.29 is 28.6 Å². The Balaban J connectivity index is 4.52. The summed E-state index contributed by atoms with van der Waals surface area (Å²) in [6.07, 6.45) is 79.4. The third-order valence-electron chi connectivity index (χ3n) is 12.3. The van der Waals surface area contributed by atoms with Crippen LogP contribution in [0.15, 0.2) is 109 Å². The summed E-state index contributed by atoms with van der Waals surface area (Å²) in [5.41, 5.74) is 0. The van der Waals surface area contributed by atoms with Gasteiger partial charge in [0.15, 0.2) is 6.10 Å². The zero-order chi connectivity index (χ0) is 51.4. The molecule has 0 bridgehead atoms. The molecule has 0 aliphatic heterocycles. The Morgan fingerprint density at radius 2 is 0.563 bits per heavy atom. The number of hydrogen-bond donors (Lipinski definition) is 0. The van der Waals surface area contributed by atoms with Crippen molar-refractivity contribution >= 4 is 17.9 Å². The summed E-state index contributed by atoms with van der Waals surface area (Å²) >= 11 is 0. The third kappa shape index (κ3) is 56.9. The molecule has 0 aromatic rings. The van der Waals surface area contributed by atoms with Crippen molar-refractivity contribution in [1.82, 2.24) is 0 Å². The Labute approximate surface area is 438 Å². The first-order chi connectivity index (χ1) is 35.0. The molecule has 6 nitrogen and oxygen atoms in total. The number of carbonyl (C=O) groups is 3. The van der Waals surface area contributed by atoms with Gasteiger partial charge in [0.25, 0.3) is 0 Å². The lowest BCUT2D eigenvalue weighted by Crippen LogP contribution is -2.30. The van der Waals surface area contributed by atoms with Crippen molar-refractivity contribution in [2.24, 2.45) is 0 Å². The highest BCUT2D eigenvalue weighted by molar-refractivity contribution is 5.71. The van der Waals surface area contributed by atoms with E-state index in [1.165, 1.54) is 116 Å². The van der Waals surface area contributed by atoms with Crippen molar-refractivity contribution in [3.63, 3.8) is 0 Å². The minimum Gasteiger partial charge on any atom is -0.462 e. The highest BCUT2D eigenvalue weighted by Crippen LogP contribution is 2.15. The Morgan fingerprint density at radius 3 is 0.944 bits per heavy atom. The standard InChI is InChI=1S/C65H108O6/c1-4-7-10-13-16-19-22-25-28-31-32-35-37-40-43-46-49-52-55-58-64(67)70-61-62(71-65(68)59-56-53-50-47-44-41-38-34-30-27-24-21-18-15-12-9-6-3)60-69-63(66)57-54-51-48-45-42-39-36-33-29-26-23-20-17-14-11-8-5-2/h8,11,16-17,19-20,25-26,28-29,32,35-36,39-40,43,45,48,62H,4-7,9-10,12-15,18,21-24,27,30-31,33-34,37-38,41-42,44,46-47,49-61H2,1-3H3/b11-8-,19-16-,20-17-,28-25-,29-26-,35-32-,39-36-,43-40-,48-45-/t62-/m1/s1. The van der Waals surface area contributed by atoms with E-state index >= 15 is 0 Å². The number of hydrogen-bond acceptors (Lipinski definition) is 6. The molecule has 0 aliphatic carbocycles. The summed E-state index contributed by atoms with van der Waals surface area (Å²) in [4.78, 5) is 38.2. The van der Waals surface area contributed by atoms with Gasteiger partial charge in [-0.15, -0.1) is 0 Å². The maximum Gasteiger partial charge on any atom is 0.306 e. The van der Waals surface area contributed by atoms with E-state index in [9.17, 15) is 14.4 Å². The van der Waals surface area contributed by atoms with Crippen molar-refractivity contribution in [3.8, 4) is 0 Å². The van der Waals surface area contributed by atoms with E-state index < -0.39 is 6.10 Å². The van der Waals surface area contributed by atoms with Gasteiger partial charge in [0.2, 0.25) is 0 Å². The van der Waals surface area contributed by atoms with Crippen LogP contribution < -0.4 is 0 Å². The average Bonchev–Trinajstić information content (AvgIpc) is 3.37. The smallest absolute Gasteiger partial charge is 0.306 e. The molecule has 0 spiro atoms. The predicted molar refractivity (Wildman–Crippen MR) is 307 cm³/mol. The molecule has 404 valence electrons. The van der Waals surface area contributed by atoms with Gasteiger partial charge < -0.3 is 14.2 Å². The summed E-state index contributed by atoms with van der Waals surface area (Å²) in [5, 5.41) is 0. The highest BCUT2D eigenvalue weighted by Gasteiger charge is 2.19. The molecule has 0 unspecified atom stereocenters. The average molecular weight is 986 g/mol. The van der Waals surface area contributed by atoms with E-state index in [-0.39, 0.29) is 37.5 Å². The Morgan fingerprint density at radius 1 is 0.296 bits per heavy atom. The molecule has 1 atom stereocenters. The van der Waals surface area contributed by atoms with Gasteiger partial charge in [-0.25, -0.2) is 0 Å². The fourth-order valence-electron chi connectivity index (χ4n) is 7.87. The van der Waals surface area contributed by atoms with Gasteiger partial charge in [0.05, 0.1) is 0 Å². The van der Waals surface area contributed by atoms with Crippen LogP contribution in [-0.4, -0.2) is 37.2 Å². The first-order valence-electron chi connectivity index (χ1n) is 29.4. The number of carbonyl (C=O) groups excluding carboxylic acids is 3. The summed E-state index contributed by atoms with van der Waals surface area (Å²) in [6, 6.07) is 0. The Kier molecular flexibility index (Phi) is 55.4. The molecular weight excluding hydrogens is 877 g/mol. The van der Waals surface area contributed by atoms with Crippen molar-refractivity contribution in [2.75, 3.05) is 13.2 Å². The second kappa shape index (κ2) is 58.6. The molecule has 0 rings (SSSR count). The molecule has 0 radical (unpaired) electrons. The molecular formula is C65H108O6. The minimum atomic E-state index is -0.815. The lowest BCUT2D eigenvalue weighted by Gasteiger charge is -2.18. The molecule has 6 heteroatoms. The fourth-order valence-corrected chi connectivity index (χ4v) is 7.87. The number of unbranched alkanes of at least 4 members (excludes halogenated alkanes) is 23. The lowest BCUT2D eigenvalue weighted by atomic mass is 10.0. The first kappa shape index (κ1) is 67.1. The van der Waals surface area contributed by atoms with Gasteiger partial charge in [-0.1, -0.05) is 252 Å². The van der Waals surface area contributed by atoms with Crippen LogP contribution in [0.3, 0.4) is 0 Å². The van der Waals surface area contributed by atoms with Crippen LogP contribution in [0.1, 0.15) is 265 Å². The lowest BCUT2D eigenvalue weighted by molar-refractivity contribution is -0.167. The summed E-state index contributed by atoms with van der Waals surface area (Å²) in [5.74, 6) is -0.995. The van der Waals surface area contributed by atoms with Crippen LogP contribution in [0.4, 0.5) is 0 Å². The predicted octanol–water partition coefficient (Wildman–Crippen LogP) is 19.9. The maximum absolute atomic E-state index is 12.9. The molecule has 0 aliphatic rings. The Bertz CT molecular complexity index is 1460.